The largest absolute Gasteiger partial charge is 0.304 e. The van der Waals surface area contributed by atoms with Crippen molar-refractivity contribution < 1.29 is 12.9 Å². The van der Waals surface area contributed by atoms with Crippen molar-refractivity contribution in [3.63, 3.8) is 0 Å². The molecule has 0 bridgehead atoms. The lowest BCUT2D eigenvalue weighted by Crippen LogP contribution is -2.73. The highest BCUT2D eigenvalue weighted by Crippen LogP contribution is 2.82. The maximum absolute atomic E-state index is 11.7. The second-order valence-corrected chi connectivity index (χ2v) is 60.2. The first kappa shape index (κ1) is 61.0. The van der Waals surface area contributed by atoms with E-state index in [2.05, 4.69) is 462 Å². The third-order valence-corrected chi connectivity index (χ3v) is 66.6. The molecule has 1 unspecified atom stereocenters. The first-order valence-electron chi connectivity index (χ1n) is 9.45. The number of hydrogen-bond acceptors (Lipinski definition) is 2. The Balaban J connectivity index is 7.55. The van der Waals surface area contributed by atoms with Gasteiger partial charge in [0, 0.05) is 0 Å². The van der Waals surface area contributed by atoms with Gasteiger partial charge in [-0.2, -0.15) is 4.21 Å². The summed E-state index contributed by atoms with van der Waals surface area (Å²) in [6, 6.07) is 0. The van der Waals surface area contributed by atoms with Crippen LogP contribution in [0, 0.1) is 0 Å². The Morgan fingerprint density at radius 2 is 0.447 bits per heavy atom. The Bertz CT molecular complexity index is 1180. The van der Waals surface area contributed by atoms with Crippen LogP contribution in [0.3, 0.4) is 0 Å². The predicted octanol–water partition coefficient (Wildman–Crippen LogP) is 21.3. The summed E-state index contributed by atoms with van der Waals surface area (Å²) in [6.45, 7) is 0. The van der Waals surface area contributed by atoms with Crippen LogP contribution in [0.5, 0.6) is 0 Å². The number of rotatable bonds is 14. The molecule has 0 amide bonds. The van der Waals surface area contributed by atoms with Gasteiger partial charge in [0.2, 0.25) is 3.42 Å². The Morgan fingerprint density at radius 3 is 0.596 bits per heavy atom. The maximum Gasteiger partial charge on any atom is 0.304 e. The molecule has 0 fully saturated rings. The van der Waals surface area contributed by atoms with Crippen molar-refractivity contribution in [2.45, 2.75) is 44.4 Å². The fourth-order valence-electron chi connectivity index (χ4n) is 2.47. The van der Waals surface area contributed by atoms with Crippen molar-refractivity contribution >= 4 is 473 Å². The lowest BCUT2D eigenvalue weighted by molar-refractivity contribution is 0.251. The highest BCUT2D eigenvalue weighted by atomic mass is 80.0. The molecule has 0 aliphatic heterocycles. The van der Waals surface area contributed by atoms with Crippen LogP contribution in [0.25, 0.3) is 0 Å². The predicted molar refractivity (Wildman–Crippen MR) is 309 cm³/mol. The van der Waals surface area contributed by atoms with Gasteiger partial charge in [-0.3, -0.25) is 4.55 Å². The van der Waals surface area contributed by atoms with Crippen LogP contribution in [0.4, 0.5) is 0 Å². The van der Waals surface area contributed by atoms with Crippen LogP contribution in [0.15, 0.2) is 0 Å². The molecule has 0 heterocycles. The van der Waals surface area contributed by atoms with E-state index in [0.717, 1.165) is 0 Å². The Morgan fingerprint density at radius 1 is 0.298 bits per heavy atom. The van der Waals surface area contributed by atoms with E-state index in [1.807, 2.05) is 0 Å². The van der Waals surface area contributed by atoms with Crippen molar-refractivity contribution in [2.24, 2.45) is 0 Å². The number of alkyl halides is 29. The van der Waals surface area contributed by atoms with E-state index in [-0.39, 0.29) is 0 Å². The molecule has 0 radical (unpaired) electrons. The fraction of sp³-hybridized carbons (Fsp3) is 1.00. The molecule has 0 saturated carbocycles. The highest BCUT2D eigenvalue weighted by molar-refractivity contribution is 9.42. The molecule has 0 saturated heterocycles. The SMILES string of the molecule is O=S(O)OC(Br)(Br)C(Br)(Br)C(Br)(Br)C(Br)(Br)C(Br)(Br)C(Br)(Br)C(Br)(Br)C(Br)(Br)C(Br)(Br)C(Br)(Br)C(Br)(Br)C(Br)(Br)C(Br)(Br)C(Br)(Br)Br. The minimum Gasteiger partial charge on any atom is -0.284 e. The van der Waals surface area contributed by atoms with Gasteiger partial charge in [0.05, 0.1) is 0 Å². The van der Waals surface area contributed by atoms with Crippen LogP contribution in [0.1, 0.15) is 0 Å². The van der Waals surface area contributed by atoms with Gasteiger partial charge >= 0.3 is 11.4 Å². The Kier molecular flexibility index (Phi) is 26.0. The summed E-state index contributed by atoms with van der Waals surface area (Å²) < 4.78 is 8.07. The van der Waals surface area contributed by atoms with E-state index in [9.17, 15) is 8.76 Å². The van der Waals surface area contributed by atoms with E-state index >= 15 is 0 Å². The second-order valence-electron chi connectivity index (χ2n) is 8.21. The van der Waals surface area contributed by atoms with Gasteiger partial charge < -0.3 is 0 Å². The Labute approximate surface area is 517 Å². The lowest BCUT2D eigenvalue weighted by Gasteiger charge is -2.61. The van der Waals surface area contributed by atoms with E-state index in [1.165, 1.54) is 0 Å². The quantitative estimate of drug-likeness (QED) is 0.139. The summed E-state index contributed by atoms with van der Waals surface area (Å²) in [5.41, 5.74) is 0. The monoisotopic (exact) mass is 2540 g/mol. The summed E-state index contributed by atoms with van der Waals surface area (Å²) in [6.07, 6.45) is 0. The van der Waals surface area contributed by atoms with Crippen LogP contribution in [0.2, 0.25) is 0 Å². The third kappa shape index (κ3) is 10.9. The standard InChI is InChI=1S/C14HBr29O3S/c15-1(16,3(19,20)5(23,24)7(27,28)9(31,32)11(35,36)13(39,40)41)2(17,18)4(21,22)6(25,26)8(29,30)10(33,34)12(37,38)14(42,43)46-47(44)45/h(H,44,45). The zero-order valence-corrected chi connectivity index (χ0v) is 66.4. The van der Waals surface area contributed by atoms with E-state index in [0.29, 0.717) is 0 Å². The molecule has 0 aromatic carbocycles. The third-order valence-electron chi connectivity index (χ3n) is 5.24. The van der Waals surface area contributed by atoms with Crippen molar-refractivity contribution in [3.8, 4) is 0 Å². The molecule has 1 N–H and O–H groups in total. The summed E-state index contributed by atoms with van der Waals surface area (Å²) in [5.74, 6) is 0. The molecule has 0 spiro atoms. The topological polar surface area (TPSA) is 46.5 Å². The van der Waals surface area contributed by atoms with Gasteiger partial charge in [0.1, 0.15) is 35.6 Å². The zero-order valence-electron chi connectivity index (χ0n) is 19.6. The lowest BCUT2D eigenvalue weighted by atomic mass is 10.0. The molecule has 3 nitrogen and oxygen atoms in total. The molecule has 33 heteroatoms. The molecule has 0 aromatic heterocycles. The van der Waals surface area contributed by atoms with E-state index in [1.54, 1.807) is 0 Å². The molecule has 0 aliphatic rings. The number of halogens is 29. The highest BCUT2D eigenvalue weighted by Gasteiger charge is 2.83. The van der Waals surface area contributed by atoms with E-state index in [4.69, 9.17) is 4.18 Å². The van der Waals surface area contributed by atoms with Crippen LogP contribution >= 0.6 is 462 Å². The second kappa shape index (κ2) is 20.1. The summed E-state index contributed by atoms with van der Waals surface area (Å²) in [7, 11) is 0. The van der Waals surface area contributed by atoms with Crippen molar-refractivity contribution in [1.29, 1.82) is 0 Å². The van der Waals surface area contributed by atoms with Gasteiger partial charge in [-0.05, 0) is 31.9 Å². The van der Waals surface area contributed by atoms with Gasteiger partial charge in [-0.25, -0.2) is 4.18 Å². The Hall–Kier alpha value is 14.0. The summed E-state index contributed by atoms with van der Waals surface area (Å²) in [5, 5.41) is 0. The smallest absolute Gasteiger partial charge is 0.284 e. The van der Waals surface area contributed by atoms with E-state index < -0.39 is 55.7 Å². The summed E-state index contributed by atoms with van der Waals surface area (Å²) >= 11 is 107. The molecule has 47 heavy (non-hydrogen) atoms. The summed E-state index contributed by atoms with van der Waals surface area (Å²) in [4.78, 5) is 0. The van der Waals surface area contributed by atoms with Crippen LogP contribution in [-0.4, -0.2) is 53.1 Å². The van der Waals surface area contributed by atoms with Crippen LogP contribution in [-0.2, 0) is 15.5 Å². The average Bonchev–Trinajstić information content (AvgIpc) is 2.80. The first-order valence-corrected chi connectivity index (χ1v) is 33.5. The van der Waals surface area contributed by atoms with Crippen molar-refractivity contribution in [1.82, 2.24) is 0 Å². The molecule has 0 aromatic rings. The fourth-order valence-corrected chi connectivity index (χ4v) is 31.7. The molecule has 284 valence electrons. The van der Waals surface area contributed by atoms with Gasteiger partial charge in [0.15, 0.2) is 5.38 Å². The minimum atomic E-state index is -2.69. The zero-order chi connectivity index (χ0) is 39.3. The van der Waals surface area contributed by atoms with Gasteiger partial charge in [-0.1, -0.05) is 430 Å². The van der Waals surface area contributed by atoms with Crippen molar-refractivity contribution in [2.75, 3.05) is 0 Å². The minimum absolute atomic E-state index is 0.913. The first-order chi connectivity index (χ1) is 19.7. The molecular weight excluding hydrogens is 2570 g/mol. The van der Waals surface area contributed by atoms with Crippen molar-refractivity contribution in [3.05, 3.63) is 0 Å². The number of hydrogen-bond donors (Lipinski definition) is 1. The normalized spacial score (nSPS) is 17.7. The van der Waals surface area contributed by atoms with Gasteiger partial charge in [0.25, 0.3) is 0 Å². The van der Waals surface area contributed by atoms with Gasteiger partial charge in [-0.15, -0.1) is 0 Å². The molecule has 1 atom stereocenters. The molecular formula is C14HBr29O3S. The molecule has 0 aliphatic carbocycles. The molecule has 0 rings (SSSR count). The average molecular weight is 2570 g/mol. The maximum atomic E-state index is 11.7. The van der Waals surface area contributed by atoms with Crippen LogP contribution < -0.4 is 0 Å².